The Labute approximate surface area is 183 Å². The van der Waals surface area contributed by atoms with Gasteiger partial charge in [0.05, 0.1) is 21.3 Å². The van der Waals surface area contributed by atoms with Crippen LogP contribution in [0, 0.1) is 6.92 Å². The predicted molar refractivity (Wildman–Crippen MR) is 119 cm³/mol. The van der Waals surface area contributed by atoms with Gasteiger partial charge in [-0.05, 0) is 49.1 Å². The SMILES string of the molecule is CCC[C@]1(c2ccc(Cl)c(C)c2)CCN(C(=O)c2cc(OC)c(OC)c(OC)c2)C1. The third-order valence-electron chi connectivity index (χ3n) is 6.05. The van der Waals surface area contributed by atoms with Gasteiger partial charge in [-0.3, -0.25) is 4.79 Å². The van der Waals surface area contributed by atoms with Crippen molar-refractivity contribution in [2.75, 3.05) is 34.4 Å². The lowest BCUT2D eigenvalue weighted by molar-refractivity contribution is 0.0781. The van der Waals surface area contributed by atoms with Crippen LogP contribution in [0.2, 0.25) is 5.02 Å². The van der Waals surface area contributed by atoms with E-state index < -0.39 is 0 Å². The summed E-state index contributed by atoms with van der Waals surface area (Å²) >= 11 is 6.25. The first-order valence-corrected chi connectivity index (χ1v) is 10.6. The summed E-state index contributed by atoms with van der Waals surface area (Å²) in [5, 5.41) is 0.772. The minimum absolute atomic E-state index is 0.0297. The van der Waals surface area contributed by atoms with Gasteiger partial charge in [0.1, 0.15) is 0 Å². The molecule has 6 heteroatoms. The zero-order valence-electron chi connectivity index (χ0n) is 18.4. The van der Waals surface area contributed by atoms with Crippen molar-refractivity contribution < 1.29 is 19.0 Å². The molecule has 1 saturated heterocycles. The Morgan fingerprint density at radius 1 is 1.10 bits per heavy atom. The van der Waals surface area contributed by atoms with Crippen LogP contribution in [0.25, 0.3) is 0 Å². The van der Waals surface area contributed by atoms with Crippen LogP contribution in [0.4, 0.5) is 0 Å². The molecule has 0 unspecified atom stereocenters. The molecule has 1 fully saturated rings. The zero-order valence-corrected chi connectivity index (χ0v) is 19.1. The molecule has 162 valence electrons. The van der Waals surface area contributed by atoms with E-state index in [-0.39, 0.29) is 11.3 Å². The van der Waals surface area contributed by atoms with Crippen molar-refractivity contribution >= 4 is 17.5 Å². The van der Waals surface area contributed by atoms with Gasteiger partial charge in [-0.15, -0.1) is 0 Å². The molecule has 0 aliphatic carbocycles. The summed E-state index contributed by atoms with van der Waals surface area (Å²) in [6.07, 6.45) is 3.00. The van der Waals surface area contributed by atoms with E-state index in [9.17, 15) is 4.79 Å². The number of benzene rings is 2. The second-order valence-corrected chi connectivity index (χ2v) is 8.29. The van der Waals surface area contributed by atoms with Crippen LogP contribution in [-0.4, -0.2) is 45.2 Å². The fraction of sp³-hybridized carbons (Fsp3) is 0.458. The second kappa shape index (κ2) is 9.17. The van der Waals surface area contributed by atoms with Crippen LogP contribution in [0.5, 0.6) is 17.2 Å². The van der Waals surface area contributed by atoms with E-state index in [1.165, 1.54) is 5.56 Å². The van der Waals surface area contributed by atoms with Gasteiger partial charge in [-0.25, -0.2) is 0 Å². The van der Waals surface area contributed by atoms with Crippen molar-refractivity contribution in [3.05, 3.63) is 52.0 Å². The normalized spacial score (nSPS) is 18.4. The molecule has 3 rings (SSSR count). The second-order valence-electron chi connectivity index (χ2n) is 7.89. The van der Waals surface area contributed by atoms with Gasteiger partial charge in [0, 0.05) is 29.1 Å². The number of likely N-dealkylation sites (tertiary alicyclic amines) is 1. The standard InChI is InChI=1S/C24H30ClNO4/c1-6-9-24(18-7-8-19(25)16(2)12-18)10-11-26(15-24)23(27)17-13-20(28-3)22(30-5)21(14-17)29-4/h7-8,12-14H,6,9-11,15H2,1-5H3/t24-/m0/s1. The van der Waals surface area contributed by atoms with Crippen LogP contribution in [0.1, 0.15) is 47.7 Å². The molecule has 0 saturated carbocycles. The first-order valence-electron chi connectivity index (χ1n) is 10.2. The largest absolute Gasteiger partial charge is 0.493 e. The van der Waals surface area contributed by atoms with Crippen molar-refractivity contribution in [1.82, 2.24) is 4.90 Å². The molecule has 0 bridgehead atoms. The summed E-state index contributed by atoms with van der Waals surface area (Å²) in [7, 11) is 4.66. The fourth-order valence-electron chi connectivity index (χ4n) is 4.47. The number of methoxy groups -OCH3 is 3. The lowest BCUT2D eigenvalue weighted by Gasteiger charge is -2.30. The van der Waals surface area contributed by atoms with E-state index >= 15 is 0 Å². The van der Waals surface area contributed by atoms with Crippen LogP contribution in [0.15, 0.2) is 30.3 Å². The van der Waals surface area contributed by atoms with Gasteiger partial charge >= 0.3 is 0 Å². The van der Waals surface area contributed by atoms with Crippen LogP contribution in [-0.2, 0) is 5.41 Å². The first-order chi connectivity index (χ1) is 14.4. The van der Waals surface area contributed by atoms with Crippen molar-refractivity contribution in [2.45, 2.75) is 38.5 Å². The van der Waals surface area contributed by atoms with E-state index in [1.54, 1.807) is 33.5 Å². The van der Waals surface area contributed by atoms with Gasteiger partial charge in [0.15, 0.2) is 11.5 Å². The number of rotatable bonds is 7. The maximum absolute atomic E-state index is 13.4. The van der Waals surface area contributed by atoms with Gasteiger partial charge in [-0.1, -0.05) is 37.1 Å². The number of halogens is 1. The van der Waals surface area contributed by atoms with E-state index in [0.717, 1.165) is 29.8 Å². The molecule has 1 aliphatic heterocycles. The van der Waals surface area contributed by atoms with Crippen molar-refractivity contribution in [1.29, 1.82) is 0 Å². The molecule has 30 heavy (non-hydrogen) atoms. The van der Waals surface area contributed by atoms with E-state index in [2.05, 4.69) is 19.1 Å². The Hall–Kier alpha value is -2.40. The van der Waals surface area contributed by atoms with Crippen LogP contribution >= 0.6 is 11.6 Å². The third-order valence-corrected chi connectivity index (χ3v) is 6.48. The number of carbonyl (C=O) groups is 1. The molecule has 1 atom stereocenters. The Morgan fingerprint density at radius 2 is 1.77 bits per heavy atom. The van der Waals surface area contributed by atoms with Gasteiger partial charge in [-0.2, -0.15) is 0 Å². The highest BCUT2D eigenvalue weighted by atomic mass is 35.5. The van der Waals surface area contributed by atoms with Crippen molar-refractivity contribution in [2.24, 2.45) is 0 Å². The summed E-state index contributed by atoms with van der Waals surface area (Å²) in [6.45, 7) is 5.60. The number of nitrogens with zero attached hydrogens (tertiary/aromatic N) is 1. The maximum atomic E-state index is 13.4. The Balaban J connectivity index is 1.92. The highest BCUT2D eigenvalue weighted by Gasteiger charge is 2.41. The summed E-state index contributed by atoms with van der Waals surface area (Å²) in [5.41, 5.74) is 2.80. The number of hydrogen-bond donors (Lipinski definition) is 0. The smallest absolute Gasteiger partial charge is 0.254 e. The molecular weight excluding hydrogens is 402 g/mol. The monoisotopic (exact) mass is 431 g/mol. The predicted octanol–water partition coefficient (Wildman–Crippen LogP) is 5.26. The number of aryl methyl sites for hydroxylation is 1. The number of amides is 1. The minimum atomic E-state index is -0.0552. The van der Waals surface area contributed by atoms with Crippen molar-refractivity contribution in [3.63, 3.8) is 0 Å². The van der Waals surface area contributed by atoms with Crippen LogP contribution in [0.3, 0.4) is 0 Å². The summed E-state index contributed by atoms with van der Waals surface area (Å²) in [6, 6.07) is 9.68. The summed E-state index contributed by atoms with van der Waals surface area (Å²) < 4.78 is 16.2. The van der Waals surface area contributed by atoms with Crippen LogP contribution < -0.4 is 14.2 Å². The number of carbonyl (C=O) groups excluding carboxylic acids is 1. The molecule has 0 radical (unpaired) electrons. The van der Waals surface area contributed by atoms with E-state index in [0.29, 0.717) is 35.9 Å². The highest BCUT2D eigenvalue weighted by Crippen LogP contribution is 2.42. The molecule has 0 spiro atoms. The molecule has 2 aromatic carbocycles. The fourth-order valence-corrected chi connectivity index (χ4v) is 4.59. The Bertz CT molecular complexity index is 904. The van der Waals surface area contributed by atoms with Gasteiger partial charge in [0.2, 0.25) is 5.75 Å². The lowest BCUT2D eigenvalue weighted by atomic mass is 9.75. The van der Waals surface area contributed by atoms with E-state index in [1.807, 2.05) is 17.9 Å². The lowest BCUT2D eigenvalue weighted by Crippen LogP contribution is -2.34. The number of hydrogen-bond acceptors (Lipinski definition) is 4. The molecule has 5 nitrogen and oxygen atoms in total. The Kier molecular flexibility index (Phi) is 6.81. The topological polar surface area (TPSA) is 48.0 Å². The molecule has 1 heterocycles. The first kappa shape index (κ1) is 22.3. The average molecular weight is 432 g/mol. The zero-order chi connectivity index (χ0) is 21.9. The third kappa shape index (κ3) is 4.08. The molecule has 1 aliphatic rings. The summed E-state index contributed by atoms with van der Waals surface area (Å²) in [5.74, 6) is 1.41. The number of ether oxygens (including phenoxy) is 3. The Morgan fingerprint density at radius 3 is 2.30 bits per heavy atom. The van der Waals surface area contributed by atoms with Crippen molar-refractivity contribution in [3.8, 4) is 17.2 Å². The molecule has 0 aromatic heterocycles. The van der Waals surface area contributed by atoms with Gasteiger partial charge < -0.3 is 19.1 Å². The average Bonchev–Trinajstić information content (AvgIpc) is 3.19. The summed E-state index contributed by atoms with van der Waals surface area (Å²) in [4.78, 5) is 15.3. The molecular formula is C24H30ClNO4. The highest BCUT2D eigenvalue weighted by molar-refractivity contribution is 6.31. The molecule has 1 amide bonds. The minimum Gasteiger partial charge on any atom is -0.493 e. The molecule has 0 N–H and O–H groups in total. The molecule has 2 aromatic rings. The van der Waals surface area contributed by atoms with E-state index in [4.69, 9.17) is 25.8 Å². The van der Waals surface area contributed by atoms with Gasteiger partial charge in [0.25, 0.3) is 5.91 Å². The maximum Gasteiger partial charge on any atom is 0.254 e. The quantitative estimate of drug-likeness (QED) is 0.600.